The van der Waals surface area contributed by atoms with Crippen LogP contribution in [0.1, 0.15) is 18.9 Å². The largest absolute Gasteiger partial charge is 0.487 e. The van der Waals surface area contributed by atoms with E-state index in [9.17, 15) is 15.2 Å². The Bertz CT molecular complexity index is 1450. The number of aliphatic hydroxyl groups excluding tert-OH is 1. The van der Waals surface area contributed by atoms with Gasteiger partial charge in [0.2, 0.25) is 0 Å². The van der Waals surface area contributed by atoms with Crippen LogP contribution in [0.5, 0.6) is 5.75 Å². The molecule has 0 aliphatic carbocycles. The second-order valence-electron chi connectivity index (χ2n) is 11.0. The molecule has 2 aromatic carbocycles. The van der Waals surface area contributed by atoms with E-state index in [1.807, 2.05) is 12.1 Å². The third kappa shape index (κ3) is 6.16. The van der Waals surface area contributed by atoms with E-state index in [-0.39, 0.29) is 12.0 Å². The summed E-state index contributed by atoms with van der Waals surface area (Å²) < 4.78 is 11.4. The summed E-state index contributed by atoms with van der Waals surface area (Å²) in [7, 11) is 0. The number of nitriles is 1. The smallest absolute Gasteiger partial charge is 0.251 e. The second-order valence-corrected chi connectivity index (χ2v) is 11.0. The fraction of sp³-hybridized carbons (Fsp3) is 0.419. The first-order valence-electron chi connectivity index (χ1n) is 14.4. The van der Waals surface area contributed by atoms with Crippen molar-refractivity contribution in [2.24, 2.45) is 0 Å². The Balaban J connectivity index is 1.08. The molecule has 2 atom stereocenters. The summed E-state index contributed by atoms with van der Waals surface area (Å²) in [5, 5.41) is 22.7. The Hall–Kier alpha value is -4.24. The average molecular weight is 570 g/mol. The fourth-order valence-electron chi connectivity index (χ4n) is 5.58. The molecule has 0 radical (unpaired) electrons. The van der Waals surface area contributed by atoms with Gasteiger partial charge in [-0.1, -0.05) is 0 Å². The van der Waals surface area contributed by atoms with Crippen LogP contribution < -0.4 is 15.0 Å². The SMILES string of the molecule is CC(O)C(=O)N1CC[C@@H](Oc2ccc(-c3nccc(Nc4ccc(N5CCN(C6COC6)CC5)cc4)n3)cc2C#N)C1. The van der Waals surface area contributed by atoms with Gasteiger partial charge in [0, 0.05) is 62.3 Å². The van der Waals surface area contributed by atoms with Crippen molar-refractivity contribution in [2.45, 2.75) is 31.6 Å². The summed E-state index contributed by atoms with van der Waals surface area (Å²) in [6, 6.07) is 18.3. The van der Waals surface area contributed by atoms with Crippen LogP contribution in [0.3, 0.4) is 0 Å². The van der Waals surface area contributed by atoms with E-state index in [1.54, 1.807) is 23.2 Å². The molecule has 3 fully saturated rings. The molecule has 1 unspecified atom stereocenters. The maximum Gasteiger partial charge on any atom is 0.251 e. The number of anilines is 3. The minimum Gasteiger partial charge on any atom is -0.487 e. The third-order valence-corrected chi connectivity index (χ3v) is 8.08. The number of hydrogen-bond donors (Lipinski definition) is 2. The Morgan fingerprint density at radius 2 is 1.90 bits per heavy atom. The number of carbonyl (C=O) groups excluding carboxylic acids is 1. The van der Waals surface area contributed by atoms with Gasteiger partial charge in [0.1, 0.15) is 29.8 Å². The number of amides is 1. The van der Waals surface area contributed by atoms with Crippen LogP contribution >= 0.6 is 0 Å². The summed E-state index contributed by atoms with van der Waals surface area (Å²) in [6.07, 6.45) is 1.04. The second kappa shape index (κ2) is 12.3. The number of benzene rings is 2. The number of piperazine rings is 1. The Labute approximate surface area is 245 Å². The average Bonchev–Trinajstić information content (AvgIpc) is 3.45. The lowest BCUT2D eigenvalue weighted by atomic mass is 10.1. The van der Waals surface area contributed by atoms with Gasteiger partial charge in [0.15, 0.2) is 5.82 Å². The van der Waals surface area contributed by atoms with Crippen LogP contribution in [-0.4, -0.2) is 102 Å². The molecule has 0 saturated carbocycles. The quantitative estimate of drug-likeness (QED) is 0.418. The molecule has 0 spiro atoms. The minimum atomic E-state index is -1.04. The first kappa shape index (κ1) is 27.9. The first-order valence-corrected chi connectivity index (χ1v) is 14.4. The van der Waals surface area contributed by atoms with Crippen molar-refractivity contribution in [3.8, 4) is 23.2 Å². The number of nitrogens with one attached hydrogen (secondary N) is 1. The molecule has 0 bridgehead atoms. The molecule has 3 aliphatic heterocycles. The van der Waals surface area contributed by atoms with Gasteiger partial charge in [-0.3, -0.25) is 9.69 Å². The lowest BCUT2D eigenvalue weighted by molar-refractivity contribution is -0.138. The molecule has 2 N–H and O–H groups in total. The number of aromatic nitrogens is 2. The number of ether oxygens (including phenoxy) is 2. The van der Waals surface area contributed by atoms with E-state index in [4.69, 9.17) is 9.47 Å². The first-order chi connectivity index (χ1) is 20.5. The number of nitrogens with zero attached hydrogens (tertiary/aromatic N) is 6. The van der Waals surface area contributed by atoms with Gasteiger partial charge in [-0.05, 0) is 55.5 Å². The van der Waals surface area contributed by atoms with E-state index in [2.05, 4.69) is 55.4 Å². The zero-order valence-corrected chi connectivity index (χ0v) is 23.6. The van der Waals surface area contributed by atoms with Gasteiger partial charge in [0.05, 0.1) is 31.4 Å². The summed E-state index contributed by atoms with van der Waals surface area (Å²) in [5.74, 6) is 1.28. The molecule has 218 valence electrons. The van der Waals surface area contributed by atoms with Crippen LogP contribution in [0.15, 0.2) is 54.7 Å². The highest BCUT2D eigenvalue weighted by Crippen LogP contribution is 2.28. The summed E-state index contributed by atoms with van der Waals surface area (Å²) in [5.41, 5.74) is 3.20. The molecule has 3 aliphatic rings. The van der Waals surface area contributed by atoms with E-state index in [1.165, 1.54) is 12.6 Å². The van der Waals surface area contributed by atoms with E-state index in [0.29, 0.717) is 54.1 Å². The monoisotopic (exact) mass is 569 g/mol. The Morgan fingerprint density at radius 1 is 1.12 bits per heavy atom. The van der Waals surface area contributed by atoms with Crippen molar-refractivity contribution in [3.05, 3.63) is 60.3 Å². The van der Waals surface area contributed by atoms with E-state index in [0.717, 1.165) is 45.1 Å². The summed E-state index contributed by atoms with van der Waals surface area (Å²) >= 11 is 0. The van der Waals surface area contributed by atoms with Crippen LogP contribution in [0.25, 0.3) is 11.4 Å². The Kier molecular flexibility index (Phi) is 8.19. The van der Waals surface area contributed by atoms with E-state index >= 15 is 0 Å². The number of aliphatic hydroxyl groups is 1. The molecular formula is C31H35N7O4. The number of rotatable bonds is 8. The van der Waals surface area contributed by atoms with Crippen molar-refractivity contribution in [3.63, 3.8) is 0 Å². The third-order valence-electron chi connectivity index (χ3n) is 8.08. The van der Waals surface area contributed by atoms with Crippen molar-refractivity contribution < 1.29 is 19.4 Å². The molecule has 11 nitrogen and oxygen atoms in total. The number of likely N-dealkylation sites (tertiary alicyclic amines) is 1. The molecule has 6 rings (SSSR count). The molecule has 42 heavy (non-hydrogen) atoms. The molecular weight excluding hydrogens is 534 g/mol. The topological polar surface area (TPSA) is 127 Å². The van der Waals surface area contributed by atoms with Crippen molar-refractivity contribution in [2.75, 3.05) is 62.7 Å². The van der Waals surface area contributed by atoms with Crippen LogP contribution in [-0.2, 0) is 9.53 Å². The zero-order valence-electron chi connectivity index (χ0n) is 23.6. The van der Waals surface area contributed by atoms with Crippen LogP contribution in [0.2, 0.25) is 0 Å². The molecule has 4 heterocycles. The highest BCUT2D eigenvalue weighted by molar-refractivity contribution is 5.80. The van der Waals surface area contributed by atoms with Gasteiger partial charge >= 0.3 is 0 Å². The van der Waals surface area contributed by atoms with Crippen LogP contribution in [0, 0.1) is 11.3 Å². The van der Waals surface area contributed by atoms with Crippen molar-refractivity contribution >= 4 is 23.1 Å². The lowest BCUT2D eigenvalue weighted by Crippen LogP contribution is -2.56. The maximum atomic E-state index is 12.1. The standard InChI is InChI=1S/C31H35N7O4/c1-21(39)31(40)38-11-9-27(18-38)42-28-7-2-22(16-23(28)17-32)30-33-10-8-29(35-30)34-24-3-5-25(6-4-24)36-12-14-37(15-13-36)26-19-41-20-26/h2-8,10,16,21,26-27,39H,9,11-15,18-20H2,1H3,(H,33,34,35)/t21?,27-/m1/s1. The fourth-order valence-corrected chi connectivity index (χ4v) is 5.58. The maximum absolute atomic E-state index is 12.1. The lowest BCUT2D eigenvalue weighted by Gasteiger charge is -2.43. The van der Waals surface area contributed by atoms with Gasteiger partial charge < -0.3 is 29.7 Å². The molecule has 1 amide bonds. The van der Waals surface area contributed by atoms with Gasteiger partial charge in [0.25, 0.3) is 5.91 Å². The van der Waals surface area contributed by atoms with Gasteiger partial charge in [-0.25, -0.2) is 9.97 Å². The van der Waals surface area contributed by atoms with Crippen molar-refractivity contribution in [1.82, 2.24) is 19.8 Å². The van der Waals surface area contributed by atoms with Crippen LogP contribution in [0.4, 0.5) is 17.2 Å². The van der Waals surface area contributed by atoms with Crippen molar-refractivity contribution in [1.29, 1.82) is 5.26 Å². The normalized spacial score (nSPS) is 20.1. The van der Waals surface area contributed by atoms with Gasteiger partial charge in [-0.15, -0.1) is 0 Å². The Morgan fingerprint density at radius 3 is 2.60 bits per heavy atom. The molecule has 3 saturated heterocycles. The zero-order chi connectivity index (χ0) is 29.1. The van der Waals surface area contributed by atoms with E-state index < -0.39 is 6.10 Å². The highest BCUT2D eigenvalue weighted by atomic mass is 16.5. The molecule has 11 heteroatoms. The van der Waals surface area contributed by atoms with Gasteiger partial charge in [-0.2, -0.15) is 5.26 Å². The number of hydrogen-bond acceptors (Lipinski definition) is 10. The minimum absolute atomic E-state index is 0.243. The molecule has 3 aromatic rings. The predicted molar refractivity (Wildman–Crippen MR) is 158 cm³/mol. The summed E-state index contributed by atoms with van der Waals surface area (Å²) in [6.45, 7) is 8.20. The molecule has 1 aromatic heterocycles. The number of carbonyl (C=O) groups is 1. The highest BCUT2D eigenvalue weighted by Gasteiger charge is 2.30. The predicted octanol–water partition coefficient (Wildman–Crippen LogP) is 2.64. The summed E-state index contributed by atoms with van der Waals surface area (Å²) in [4.78, 5) is 27.7.